The fourth-order valence-corrected chi connectivity index (χ4v) is 3.53. The average Bonchev–Trinajstić information content (AvgIpc) is 3.24. The molecule has 0 fully saturated rings. The normalized spacial score (nSPS) is 11.3. The molecule has 1 heterocycles. The lowest BCUT2D eigenvalue weighted by molar-refractivity contribution is 0.102. The Morgan fingerprint density at radius 1 is 0.788 bits per heavy atom. The summed E-state index contributed by atoms with van der Waals surface area (Å²) in [6.07, 6.45) is 0. The topological polar surface area (TPSA) is 55.1 Å². The number of amides is 1. The minimum absolute atomic E-state index is 0.0251. The Morgan fingerprint density at radius 3 is 2.21 bits per heavy atom. The molecule has 0 saturated heterocycles. The van der Waals surface area contributed by atoms with Gasteiger partial charge >= 0.3 is 0 Å². The van der Waals surface area contributed by atoms with Crippen molar-refractivity contribution in [3.8, 4) is 11.5 Å². The number of carbonyl (C=O) groups is 1. The molecule has 1 amide bonds. The smallest absolute Gasteiger partial charge is 0.256 e. The summed E-state index contributed by atoms with van der Waals surface area (Å²) in [7, 11) is 0. The first kappa shape index (κ1) is 20.6. The maximum Gasteiger partial charge on any atom is 0.256 e. The molecule has 0 bridgehead atoms. The Kier molecular flexibility index (Phi) is 4.81. The number of anilines is 1. The van der Waals surface area contributed by atoms with Crippen molar-refractivity contribution in [3.63, 3.8) is 0 Å². The number of rotatable bonds is 3. The van der Waals surface area contributed by atoms with E-state index in [4.69, 9.17) is 4.42 Å². The van der Waals surface area contributed by atoms with E-state index in [-0.39, 0.29) is 16.8 Å². The van der Waals surface area contributed by atoms with Crippen LogP contribution < -0.4 is 5.32 Å². The zero-order valence-corrected chi connectivity index (χ0v) is 16.4. The lowest BCUT2D eigenvalue weighted by Crippen LogP contribution is -2.12. The van der Waals surface area contributed by atoms with Gasteiger partial charge in [0.15, 0.2) is 28.9 Å². The highest BCUT2D eigenvalue weighted by atomic mass is 19.2. The summed E-state index contributed by atoms with van der Waals surface area (Å²) in [4.78, 5) is 16.7. The summed E-state index contributed by atoms with van der Waals surface area (Å²) in [5.74, 6) is -11.8. The van der Waals surface area contributed by atoms with Gasteiger partial charge in [0, 0.05) is 11.3 Å². The van der Waals surface area contributed by atoms with Crippen LogP contribution in [-0.4, -0.2) is 10.9 Å². The molecule has 0 aliphatic heterocycles. The summed E-state index contributed by atoms with van der Waals surface area (Å²) in [6, 6.07) is 16.8. The van der Waals surface area contributed by atoms with Gasteiger partial charge in [0.25, 0.3) is 5.91 Å². The summed E-state index contributed by atoms with van der Waals surface area (Å²) in [5, 5.41) is 4.32. The molecule has 5 rings (SSSR count). The van der Waals surface area contributed by atoms with Crippen LogP contribution in [0.2, 0.25) is 0 Å². The number of oxazole rings is 1. The molecule has 1 N–H and O–H groups in total. The van der Waals surface area contributed by atoms with Gasteiger partial charge in [-0.3, -0.25) is 4.79 Å². The largest absolute Gasteiger partial charge is 0.436 e. The van der Waals surface area contributed by atoms with E-state index < -0.39 is 46.4 Å². The second kappa shape index (κ2) is 7.70. The van der Waals surface area contributed by atoms with Crippen molar-refractivity contribution >= 4 is 33.5 Å². The Hall–Kier alpha value is -4.27. The van der Waals surface area contributed by atoms with Crippen molar-refractivity contribution in [2.45, 2.75) is 0 Å². The molecular weight excluding hydrogens is 443 g/mol. The molecule has 0 atom stereocenters. The third-order valence-corrected chi connectivity index (χ3v) is 5.10. The number of aromatic nitrogens is 1. The van der Waals surface area contributed by atoms with Gasteiger partial charge in [-0.2, -0.15) is 0 Å². The number of nitrogens with one attached hydrogen (secondary N) is 1. The molecule has 0 radical (unpaired) electrons. The van der Waals surface area contributed by atoms with Crippen LogP contribution in [0.25, 0.3) is 33.3 Å². The molecule has 164 valence electrons. The van der Waals surface area contributed by atoms with Crippen LogP contribution in [0.5, 0.6) is 0 Å². The molecule has 33 heavy (non-hydrogen) atoms. The van der Waals surface area contributed by atoms with Crippen molar-refractivity contribution in [1.29, 1.82) is 0 Å². The highest BCUT2D eigenvalue weighted by Gasteiger charge is 2.29. The van der Waals surface area contributed by atoms with Crippen molar-refractivity contribution in [1.82, 2.24) is 4.98 Å². The second-order valence-corrected chi connectivity index (χ2v) is 7.13. The number of carbonyl (C=O) groups excluding carboxylic acids is 1. The highest BCUT2D eigenvalue weighted by Crippen LogP contribution is 2.33. The monoisotopic (exact) mass is 454 g/mol. The molecule has 5 aromatic rings. The molecule has 0 aliphatic carbocycles. The van der Waals surface area contributed by atoms with E-state index in [1.165, 1.54) is 18.2 Å². The molecule has 0 aliphatic rings. The quantitative estimate of drug-likeness (QED) is 0.190. The minimum Gasteiger partial charge on any atom is -0.436 e. The highest BCUT2D eigenvalue weighted by molar-refractivity contribution is 6.13. The van der Waals surface area contributed by atoms with Crippen molar-refractivity contribution in [2.24, 2.45) is 0 Å². The van der Waals surface area contributed by atoms with E-state index in [0.29, 0.717) is 5.56 Å². The summed E-state index contributed by atoms with van der Waals surface area (Å²) in [6.45, 7) is 0. The maximum atomic E-state index is 14.1. The lowest BCUT2D eigenvalue weighted by atomic mass is 10.0. The average molecular weight is 454 g/mol. The third-order valence-electron chi connectivity index (χ3n) is 5.10. The first-order valence-electron chi connectivity index (χ1n) is 9.56. The summed E-state index contributed by atoms with van der Waals surface area (Å²) in [5.41, 5.74) is -0.487. The van der Waals surface area contributed by atoms with Crippen LogP contribution in [0.3, 0.4) is 0 Å². The molecule has 9 heteroatoms. The van der Waals surface area contributed by atoms with E-state index >= 15 is 0 Å². The minimum atomic E-state index is -2.27. The van der Waals surface area contributed by atoms with Gasteiger partial charge in [0.05, 0.1) is 0 Å². The van der Waals surface area contributed by atoms with Gasteiger partial charge in [-0.1, -0.05) is 36.4 Å². The third kappa shape index (κ3) is 3.38. The van der Waals surface area contributed by atoms with E-state index in [1.54, 1.807) is 18.2 Å². The fourth-order valence-electron chi connectivity index (χ4n) is 3.53. The zero-order valence-electron chi connectivity index (χ0n) is 16.4. The Bertz CT molecular complexity index is 1540. The van der Waals surface area contributed by atoms with E-state index in [2.05, 4.69) is 10.3 Å². The van der Waals surface area contributed by atoms with Crippen LogP contribution in [-0.2, 0) is 0 Å². The number of hydrogen-bond acceptors (Lipinski definition) is 3. The molecule has 4 aromatic carbocycles. The number of nitrogens with zero attached hydrogens (tertiary/aromatic N) is 1. The number of hydrogen-bond donors (Lipinski definition) is 1. The van der Waals surface area contributed by atoms with Crippen molar-refractivity contribution in [3.05, 3.63) is 95.3 Å². The lowest BCUT2D eigenvalue weighted by Gasteiger charge is -2.08. The molecule has 0 unspecified atom stereocenters. The predicted molar refractivity (Wildman–Crippen MR) is 111 cm³/mol. The number of halogens is 5. The van der Waals surface area contributed by atoms with Gasteiger partial charge in [0.1, 0.15) is 11.1 Å². The van der Waals surface area contributed by atoms with Crippen molar-refractivity contribution in [2.75, 3.05) is 5.32 Å². The maximum absolute atomic E-state index is 14.1. The molecule has 1 aromatic heterocycles. The van der Waals surface area contributed by atoms with Crippen LogP contribution in [0.4, 0.5) is 27.6 Å². The van der Waals surface area contributed by atoms with Crippen LogP contribution >= 0.6 is 0 Å². The summed E-state index contributed by atoms with van der Waals surface area (Å²) < 4.78 is 73.8. The number of benzene rings is 4. The zero-order chi connectivity index (χ0) is 23.3. The molecular formula is C24H11F5N2O2. The van der Waals surface area contributed by atoms with E-state index in [9.17, 15) is 26.7 Å². The van der Waals surface area contributed by atoms with Gasteiger partial charge < -0.3 is 9.73 Å². The van der Waals surface area contributed by atoms with Gasteiger partial charge in [-0.05, 0) is 35.0 Å². The molecule has 0 spiro atoms. The SMILES string of the molecule is O=C(Nc1ccc2oc(-c3c(F)c(F)c(F)c(F)c3F)nc2c1)c1cccc2ccccc12. The van der Waals surface area contributed by atoms with Gasteiger partial charge in [0.2, 0.25) is 11.7 Å². The van der Waals surface area contributed by atoms with Gasteiger partial charge in [-0.25, -0.2) is 26.9 Å². The van der Waals surface area contributed by atoms with Crippen molar-refractivity contribution < 1.29 is 31.2 Å². The number of fused-ring (bicyclic) bond motifs is 2. The first-order valence-corrected chi connectivity index (χ1v) is 9.56. The molecule has 4 nitrogen and oxygen atoms in total. The predicted octanol–water partition coefficient (Wildman–Crippen LogP) is 6.60. The Labute approximate surface area is 182 Å². The summed E-state index contributed by atoms with van der Waals surface area (Å²) >= 11 is 0. The van der Waals surface area contributed by atoms with Crippen LogP contribution in [0, 0.1) is 29.1 Å². The Balaban J connectivity index is 1.52. The second-order valence-electron chi connectivity index (χ2n) is 7.13. The first-order chi connectivity index (χ1) is 15.8. The Morgan fingerprint density at radius 2 is 1.45 bits per heavy atom. The van der Waals surface area contributed by atoms with Gasteiger partial charge in [-0.15, -0.1) is 0 Å². The fraction of sp³-hybridized carbons (Fsp3) is 0. The standard InChI is InChI=1S/C24H11F5N2O2/c25-18-17(19(26)21(28)22(29)20(18)27)24-31-15-10-12(8-9-16(15)33-24)30-23(32)14-7-3-5-11-4-1-2-6-13(11)14/h1-10H,(H,30,32). The van der Waals surface area contributed by atoms with Crippen LogP contribution in [0.15, 0.2) is 65.1 Å². The van der Waals surface area contributed by atoms with Crippen LogP contribution in [0.1, 0.15) is 10.4 Å². The van der Waals surface area contributed by atoms with E-state index in [0.717, 1.165) is 10.8 Å². The molecule has 0 saturated carbocycles. The van der Waals surface area contributed by atoms with E-state index in [1.807, 2.05) is 24.3 Å².